The second-order valence-electron chi connectivity index (χ2n) is 4.18. The van der Waals surface area contributed by atoms with Gasteiger partial charge in [0.2, 0.25) is 11.6 Å². The van der Waals surface area contributed by atoms with E-state index in [1.165, 1.54) is 12.1 Å². The maximum absolute atomic E-state index is 10.6. The number of nitro groups is 1. The molecule has 1 unspecified atom stereocenters. The number of rotatable bonds is 5. The summed E-state index contributed by atoms with van der Waals surface area (Å²) in [4.78, 5) is 13.7. The summed E-state index contributed by atoms with van der Waals surface area (Å²) in [5, 5.41) is 19.4. The van der Waals surface area contributed by atoms with Crippen LogP contribution in [0.3, 0.4) is 0 Å². The molecule has 7 heteroatoms. The van der Waals surface area contributed by atoms with Gasteiger partial charge in [-0.15, -0.1) is 0 Å². The fraction of sp³-hybridized carbons (Fsp3) is 0.455. The Labute approximate surface area is 104 Å². The molecule has 2 N–H and O–H groups in total. The molecule has 0 amide bonds. The Morgan fingerprint density at radius 1 is 1.67 bits per heavy atom. The quantitative estimate of drug-likeness (QED) is 0.623. The normalized spacial score (nSPS) is 13.4. The molecule has 1 heterocycles. The predicted octanol–water partition coefficient (Wildman–Crippen LogP) is 1.37. The Bertz CT molecular complexity index is 494. The van der Waals surface area contributed by atoms with Crippen LogP contribution in [0.25, 0.3) is 0 Å². The molecule has 96 valence electrons. The molecule has 0 aliphatic carbocycles. The zero-order valence-electron chi connectivity index (χ0n) is 10.2. The van der Waals surface area contributed by atoms with Crippen molar-refractivity contribution < 1.29 is 9.66 Å². The number of pyridine rings is 1. The topological polar surface area (TPSA) is 115 Å². The van der Waals surface area contributed by atoms with Crippen LogP contribution in [0.4, 0.5) is 5.69 Å². The van der Waals surface area contributed by atoms with Crippen LogP contribution in [-0.2, 0) is 0 Å². The molecule has 0 bridgehead atoms. The standard InChI is InChI=1S/C11H14N4O3/c1-3-11(2,13)7-18-10-5-4-9(15(16)17)8(6-12)14-10/h4-5H,3,7,13H2,1-2H3. The van der Waals surface area contributed by atoms with Crippen LogP contribution in [0.5, 0.6) is 5.88 Å². The van der Waals surface area contributed by atoms with E-state index in [0.717, 1.165) is 0 Å². The van der Waals surface area contributed by atoms with Gasteiger partial charge < -0.3 is 10.5 Å². The van der Waals surface area contributed by atoms with Crippen molar-refractivity contribution in [3.8, 4) is 11.9 Å². The van der Waals surface area contributed by atoms with E-state index in [1.807, 2.05) is 13.8 Å². The van der Waals surface area contributed by atoms with Crippen molar-refractivity contribution >= 4 is 5.69 Å². The average molecular weight is 250 g/mol. The summed E-state index contributed by atoms with van der Waals surface area (Å²) in [6, 6.07) is 4.21. The molecule has 0 aromatic carbocycles. The van der Waals surface area contributed by atoms with Gasteiger partial charge in [-0.05, 0) is 13.3 Å². The largest absolute Gasteiger partial charge is 0.476 e. The van der Waals surface area contributed by atoms with Crippen molar-refractivity contribution in [2.45, 2.75) is 25.8 Å². The fourth-order valence-corrected chi connectivity index (χ4v) is 1.08. The average Bonchev–Trinajstić information content (AvgIpc) is 2.36. The molecule has 1 atom stereocenters. The van der Waals surface area contributed by atoms with E-state index in [4.69, 9.17) is 15.7 Å². The lowest BCUT2D eigenvalue weighted by molar-refractivity contribution is -0.385. The molecule has 1 aromatic heterocycles. The highest BCUT2D eigenvalue weighted by Gasteiger charge is 2.19. The van der Waals surface area contributed by atoms with Gasteiger partial charge in [0.15, 0.2) is 0 Å². The Kier molecular flexibility index (Phi) is 4.18. The highest BCUT2D eigenvalue weighted by molar-refractivity contribution is 5.45. The molecular weight excluding hydrogens is 236 g/mol. The zero-order valence-corrected chi connectivity index (χ0v) is 10.2. The van der Waals surface area contributed by atoms with E-state index in [0.29, 0.717) is 6.42 Å². The number of ether oxygens (including phenoxy) is 1. The number of nitrogens with two attached hydrogens (primary N) is 1. The summed E-state index contributed by atoms with van der Waals surface area (Å²) in [5.74, 6) is 0.155. The van der Waals surface area contributed by atoms with Crippen molar-refractivity contribution in [2.24, 2.45) is 5.73 Å². The first-order valence-electron chi connectivity index (χ1n) is 5.37. The fourth-order valence-electron chi connectivity index (χ4n) is 1.08. The molecule has 0 fully saturated rings. The predicted molar refractivity (Wildman–Crippen MR) is 64.0 cm³/mol. The van der Waals surface area contributed by atoms with Gasteiger partial charge in [0, 0.05) is 17.7 Å². The number of hydrogen-bond donors (Lipinski definition) is 1. The summed E-state index contributed by atoms with van der Waals surface area (Å²) in [5.41, 5.74) is 4.78. The van der Waals surface area contributed by atoms with Crippen LogP contribution >= 0.6 is 0 Å². The van der Waals surface area contributed by atoms with Crippen LogP contribution in [0, 0.1) is 21.4 Å². The lowest BCUT2D eigenvalue weighted by atomic mass is 10.0. The number of aromatic nitrogens is 1. The van der Waals surface area contributed by atoms with Crippen molar-refractivity contribution in [3.63, 3.8) is 0 Å². The third kappa shape index (κ3) is 3.40. The first kappa shape index (κ1) is 13.9. The van der Waals surface area contributed by atoms with Crippen LogP contribution in [0.15, 0.2) is 12.1 Å². The third-order valence-electron chi connectivity index (χ3n) is 2.51. The summed E-state index contributed by atoms with van der Waals surface area (Å²) >= 11 is 0. The molecule has 0 saturated heterocycles. The molecule has 1 aromatic rings. The lowest BCUT2D eigenvalue weighted by Gasteiger charge is -2.22. The molecular formula is C11H14N4O3. The van der Waals surface area contributed by atoms with E-state index in [2.05, 4.69) is 4.98 Å². The minimum atomic E-state index is -0.658. The van der Waals surface area contributed by atoms with Gasteiger partial charge in [-0.3, -0.25) is 10.1 Å². The van der Waals surface area contributed by atoms with Gasteiger partial charge in [-0.1, -0.05) is 6.92 Å². The van der Waals surface area contributed by atoms with Crippen LogP contribution in [-0.4, -0.2) is 22.1 Å². The zero-order chi connectivity index (χ0) is 13.8. The molecule has 0 aliphatic rings. The van der Waals surface area contributed by atoms with Gasteiger partial charge in [0.05, 0.1) is 4.92 Å². The third-order valence-corrected chi connectivity index (χ3v) is 2.51. The Morgan fingerprint density at radius 3 is 2.83 bits per heavy atom. The van der Waals surface area contributed by atoms with E-state index in [1.54, 1.807) is 6.07 Å². The molecule has 0 spiro atoms. The monoisotopic (exact) mass is 250 g/mol. The number of hydrogen-bond acceptors (Lipinski definition) is 6. The van der Waals surface area contributed by atoms with Gasteiger partial charge in [-0.25, -0.2) is 0 Å². The smallest absolute Gasteiger partial charge is 0.305 e. The maximum atomic E-state index is 10.6. The second kappa shape index (κ2) is 5.42. The number of nitrogens with zero attached hydrogens (tertiary/aromatic N) is 3. The summed E-state index contributed by atoms with van der Waals surface area (Å²) < 4.78 is 5.33. The van der Waals surface area contributed by atoms with E-state index in [9.17, 15) is 10.1 Å². The van der Waals surface area contributed by atoms with Gasteiger partial charge in [-0.2, -0.15) is 10.2 Å². The first-order valence-corrected chi connectivity index (χ1v) is 5.37. The summed E-state index contributed by atoms with van der Waals surface area (Å²) in [6.07, 6.45) is 0.713. The maximum Gasteiger partial charge on any atom is 0.305 e. The molecule has 7 nitrogen and oxygen atoms in total. The Balaban J connectivity index is 2.88. The SMILES string of the molecule is CCC(C)(N)COc1ccc([N+](=O)[O-])c(C#N)n1. The van der Waals surface area contributed by atoms with E-state index < -0.39 is 10.5 Å². The summed E-state index contributed by atoms with van der Waals surface area (Å²) in [6.45, 7) is 3.97. The number of nitriles is 1. The van der Waals surface area contributed by atoms with E-state index in [-0.39, 0.29) is 23.9 Å². The van der Waals surface area contributed by atoms with Gasteiger partial charge in [0.1, 0.15) is 12.7 Å². The molecule has 0 radical (unpaired) electrons. The molecule has 1 rings (SSSR count). The molecule has 0 aliphatic heterocycles. The van der Waals surface area contributed by atoms with Gasteiger partial charge in [0.25, 0.3) is 0 Å². The minimum absolute atomic E-state index is 0.155. The van der Waals surface area contributed by atoms with Crippen molar-refractivity contribution in [1.29, 1.82) is 5.26 Å². The first-order chi connectivity index (χ1) is 8.39. The second-order valence-corrected chi connectivity index (χ2v) is 4.18. The Hall–Kier alpha value is -2.20. The summed E-state index contributed by atoms with van der Waals surface area (Å²) in [7, 11) is 0. The lowest BCUT2D eigenvalue weighted by Crippen LogP contribution is -2.41. The van der Waals surface area contributed by atoms with Crippen LogP contribution in [0.1, 0.15) is 26.0 Å². The van der Waals surface area contributed by atoms with Crippen molar-refractivity contribution in [1.82, 2.24) is 4.98 Å². The molecule has 18 heavy (non-hydrogen) atoms. The van der Waals surface area contributed by atoms with Crippen LogP contribution in [0.2, 0.25) is 0 Å². The minimum Gasteiger partial charge on any atom is -0.476 e. The van der Waals surface area contributed by atoms with Crippen molar-refractivity contribution in [2.75, 3.05) is 6.61 Å². The highest BCUT2D eigenvalue weighted by atomic mass is 16.6. The Morgan fingerprint density at radius 2 is 2.33 bits per heavy atom. The highest BCUT2D eigenvalue weighted by Crippen LogP contribution is 2.20. The van der Waals surface area contributed by atoms with Crippen LogP contribution < -0.4 is 10.5 Å². The van der Waals surface area contributed by atoms with Gasteiger partial charge >= 0.3 is 5.69 Å². The van der Waals surface area contributed by atoms with E-state index >= 15 is 0 Å². The molecule has 0 saturated carbocycles. The van der Waals surface area contributed by atoms with Crippen molar-refractivity contribution in [3.05, 3.63) is 27.9 Å².